The molecule has 0 spiro atoms. The number of ether oxygens (including phenoxy) is 1. The molecule has 1 atom stereocenters. The first kappa shape index (κ1) is 14.4. The third-order valence-electron chi connectivity index (χ3n) is 2.47. The van der Waals surface area contributed by atoms with Crippen LogP contribution >= 0.6 is 0 Å². The number of nitrogens with one attached hydrogen (secondary N) is 2. The third-order valence-corrected chi connectivity index (χ3v) is 2.47. The van der Waals surface area contributed by atoms with Gasteiger partial charge in [0.2, 0.25) is 5.91 Å². The van der Waals surface area contributed by atoms with Gasteiger partial charge in [-0.15, -0.1) is 0 Å². The Labute approximate surface area is 103 Å². The van der Waals surface area contributed by atoms with Crippen LogP contribution in [0.25, 0.3) is 0 Å². The SMILES string of the molecule is CC(C)OCC(O)CNCCC(=O)NC1CC1. The Morgan fingerprint density at radius 2 is 2.18 bits per heavy atom. The van der Waals surface area contributed by atoms with Crippen molar-refractivity contribution in [2.75, 3.05) is 19.7 Å². The van der Waals surface area contributed by atoms with Crippen molar-refractivity contribution in [3.8, 4) is 0 Å². The van der Waals surface area contributed by atoms with Crippen LogP contribution in [0.15, 0.2) is 0 Å². The molecule has 0 aromatic heterocycles. The van der Waals surface area contributed by atoms with Gasteiger partial charge in [-0.1, -0.05) is 0 Å². The molecule has 1 unspecified atom stereocenters. The molecule has 1 aliphatic rings. The van der Waals surface area contributed by atoms with Crippen molar-refractivity contribution in [2.45, 2.75) is 51.4 Å². The van der Waals surface area contributed by atoms with E-state index in [2.05, 4.69) is 10.6 Å². The lowest BCUT2D eigenvalue weighted by atomic mass is 10.3. The van der Waals surface area contributed by atoms with Crippen molar-refractivity contribution in [3.05, 3.63) is 0 Å². The highest BCUT2D eigenvalue weighted by molar-refractivity contribution is 5.76. The molecule has 1 aliphatic carbocycles. The highest BCUT2D eigenvalue weighted by atomic mass is 16.5. The van der Waals surface area contributed by atoms with E-state index in [9.17, 15) is 9.90 Å². The topological polar surface area (TPSA) is 70.6 Å². The summed E-state index contributed by atoms with van der Waals surface area (Å²) in [5.74, 6) is 0.0907. The first-order valence-electron chi connectivity index (χ1n) is 6.37. The van der Waals surface area contributed by atoms with Crippen LogP contribution in [0, 0.1) is 0 Å². The molecule has 3 N–H and O–H groups in total. The average molecular weight is 244 g/mol. The molecular formula is C12H24N2O3. The van der Waals surface area contributed by atoms with E-state index in [1.54, 1.807) is 0 Å². The minimum Gasteiger partial charge on any atom is -0.389 e. The molecule has 0 aromatic carbocycles. The summed E-state index contributed by atoms with van der Waals surface area (Å²) in [7, 11) is 0. The van der Waals surface area contributed by atoms with Gasteiger partial charge in [-0.3, -0.25) is 4.79 Å². The third kappa shape index (κ3) is 8.12. The maximum absolute atomic E-state index is 11.3. The molecule has 1 saturated carbocycles. The molecular weight excluding hydrogens is 220 g/mol. The molecule has 5 heteroatoms. The fraction of sp³-hybridized carbons (Fsp3) is 0.917. The number of hydrogen-bond acceptors (Lipinski definition) is 4. The van der Waals surface area contributed by atoms with Crippen LogP contribution in [-0.4, -0.2) is 49.0 Å². The molecule has 1 rings (SSSR count). The van der Waals surface area contributed by atoms with Gasteiger partial charge in [-0.05, 0) is 26.7 Å². The van der Waals surface area contributed by atoms with Gasteiger partial charge in [0.05, 0.1) is 18.8 Å². The standard InChI is InChI=1S/C12H24N2O3/c1-9(2)17-8-11(15)7-13-6-5-12(16)14-10-3-4-10/h9-11,13,15H,3-8H2,1-2H3,(H,14,16). The van der Waals surface area contributed by atoms with Gasteiger partial charge in [0.25, 0.3) is 0 Å². The van der Waals surface area contributed by atoms with Crippen molar-refractivity contribution in [1.82, 2.24) is 10.6 Å². The highest BCUT2D eigenvalue weighted by Gasteiger charge is 2.22. The van der Waals surface area contributed by atoms with Crippen LogP contribution in [0.4, 0.5) is 0 Å². The molecule has 17 heavy (non-hydrogen) atoms. The fourth-order valence-electron chi connectivity index (χ4n) is 1.36. The lowest BCUT2D eigenvalue weighted by Gasteiger charge is -2.14. The number of aliphatic hydroxyl groups excluding tert-OH is 1. The van der Waals surface area contributed by atoms with Gasteiger partial charge in [-0.25, -0.2) is 0 Å². The number of hydrogen-bond donors (Lipinski definition) is 3. The Morgan fingerprint density at radius 1 is 1.47 bits per heavy atom. The van der Waals surface area contributed by atoms with Crippen molar-refractivity contribution >= 4 is 5.91 Å². The maximum atomic E-state index is 11.3. The van der Waals surface area contributed by atoms with E-state index < -0.39 is 6.10 Å². The zero-order valence-corrected chi connectivity index (χ0v) is 10.7. The van der Waals surface area contributed by atoms with Crippen LogP contribution in [0.5, 0.6) is 0 Å². The van der Waals surface area contributed by atoms with Crippen LogP contribution < -0.4 is 10.6 Å². The normalized spacial score (nSPS) is 17.2. The van der Waals surface area contributed by atoms with E-state index in [0.29, 0.717) is 32.2 Å². The first-order valence-corrected chi connectivity index (χ1v) is 6.37. The fourth-order valence-corrected chi connectivity index (χ4v) is 1.36. The van der Waals surface area contributed by atoms with Crippen LogP contribution in [0.1, 0.15) is 33.1 Å². The van der Waals surface area contributed by atoms with Gasteiger partial charge in [0.1, 0.15) is 0 Å². The predicted molar refractivity (Wildman–Crippen MR) is 65.7 cm³/mol. The Hall–Kier alpha value is -0.650. The van der Waals surface area contributed by atoms with Gasteiger partial charge < -0.3 is 20.5 Å². The van der Waals surface area contributed by atoms with Gasteiger partial charge >= 0.3 is 0 Å². The Balaban J connectivity index is 1.89. The summed E-state index contributed by atoms with van der Waals surface area (Å²) in [6, 6.07) is 0.424. The summed E-state index contributed by atoms with van der Waals surface area (Å²) >= 11 is 0. The lowest BCUT2D eigenvalue weighted by Crippen LogP contribution is -2.34. The molecule has 0 bridgehead atoms. The van der Waals surface area contributed by atoms with E-state index in [1.807, 2.05) is 13.8 Å². The quantitative estimate of drug-likeness (QED) is 0.501. The van der Waals surface area contributed by atoms with E-state index in [4.69, 9.17) is 4.74 Å². The second kappa shape index (κ2) is 7.63. The van der Waals surface area contributed by atoms with E-state index in [-0.39, 0.29) is 12.0 Å². The summed E-state index contributed by atoms with van der Waals surface area (Å²) in [6.45, 7) is 5.25. The summed E-state index contributed by atoms with van der Waals surface area (Å²) < 4.78 is 5.27. The molecule has 0 aliphatic heterocycles. The van der Waals surface area contributed by atoms with Crippen LogP contribution in [-0.2, 0) is 9.53 Å². The molecule has 100 valence electrons. The van der Waals surface area contributed by atoms with Crippen molar-refractivity contribution < 1.29 is 14.6 Å². The summed E-state index contributed by atoms with van der Waals surface area (Å²) in [5, 5.41) is 15.5. The van der Waals surface area contributed by atoms with E-state index in [1.165, 1.54) is 0 Å². The monoisotopic (exact) mass is 244 g/mol. The van der Waals surface area contributed by atoms with Crippen molar-refractivity contribution in [1.29, 1.82) is 0 Å². The van der Waals surface area contributed by atoms with Gasteiger partial charge in [-0.2, -0.15) is 0 Å². The molecule has 0 saturated heterocycles. The van der Waals surface area contributed by atoms with E-state index in [0.717, 1.165) is 12.8 Å². The highest BCUT2D eigenvalue weighted by Crippen LogP contribution is 2.18. The summed E-state index contributed by atoms with van der Waals surface area (Å²) in [6.07, 6.45) is 2.32. The molecule has 5 nitrogen and oxygen atoms in total. The molecule has 1 amide bonds. The Morgan fingerprint density at radius 3 is 2.76 bits per heavy atom. The molecule has 0 aromatic rings. The average Bonchev–Trinajstić information content (AvgIpc) is 3.05. The first-order chi connectivity index (χ1) is 8.08. The molecule has 0 radical (unpaired) electrons. The minimum atomic E-state index is -0.510. The summed E-state index contributed by atoms with van der Waals surface area (Å²) in [4.78, 5) is 11.3. The largest absolute Gasteiger partial charge is 0.389 e. The number of carbonyl (C=O) groups is 1. The maximum Gasteiger partial charge on any atom is 0.221 e. The van der Waals surface area contributed by atoms with Crippen LogP contribution in [0.3, 0.4) is 0 Å². The molecule has 0 heterocycles. The van der Waals surface area contributed by atoms with Gasteiger partial charge in [0.15, 0.2) is 0 Å². The minimum absolute atomic E-state index is 0.0907. The second-order valence-electron chi connectivity index (χ2n) is 4.83. The number of carbonyl (C=O) groups excluding carboxylic acids is 1. The van der Waals surface area contributed by atoms with Crippen molar-refractivity contribution in [2.24, 2.45) is 0 Å². The van der Waals surface area contributed by atoms with Gasteiger partial charge in [0, 0.05) is 25.6 Å². The summed E-state index contributed by atoms with van der Waals surface area (Å²) in [5.41, 5.74) is 0. The number of aliphatic hydroxyl groups is 1. The molecule has 1 fully saturated rings. The van der Waals surface area contributed by atoms with Crippen LogP contribution in [0.2, 0.25) is 0 Å². The smallest absolute Gasteiger partial charge is 0.221 e. The van der Waals surface area contributed by atoms with E-state index >= 15 is 0 Å². The lowest BCUT2D eigenvalue weighted by molar-refractivity contribution is -0.121. The zero-order valence-electron chi connectivity index (χ0n) is 10.7. The number of rotatable bonds is 9. The predicted octanol–water partition coefficient (Wildman–Crippen LogP) is 0.0306. The Kier molecular flexibility index (Phi) is 6.47. The zero-order chi connectivity index (χ0) is 12.7. The second-order valence-corrected chi connectivity index (χ2v) is 4.83. The van der Waals surface area contributed by atoms with Crippen molar-refractivity contribution in [3.63, 3.8) is 0 Å². The Bertz CT molecular complexity index is 230. The number of amides is 1.